The summed E-state index contributed by atoms with van der Waals surface area (Å²) in [5.41, 5.74) is 0.294. The SMILES string of the molecule is C[C@@H]1CCCCO[C@H](CN(C)C(=O)C2CCCCC2)[C@@H](C)CN([C@H](C)CO)C(=O)c2cc(NC(=O)CCC(F)(F)F)ccc2O1. The number of fused-ring (bicyclic) bond motifs is 1. The first kappa shape index (κ1) is 36.6. The number of aliphatic hydroxyl groups excluding tert-OH is 1. The molecular formula is C33H50F3N3O6. The van der Waals surface area contributed by atoms with Crippen LogP contribution in [0.4, 0.5) is 18.9 Å². The van der Waals surface area contributed by atoms with Crippen LogP contribution >= 0.6 is 0 Å². The van der Waals surface area contributed by atoms with Crippen molar-refractivity contribution in [3.05, 3.63) is 23.8 Å². The lowest BCUT2D eigenvalue weighted by atomic mass is 9.88. The lowest BCUT2D eigenvalue weighted by molar-refractivity contribution is -0.142. The van der Waals surface area contributed by atoms with Gasteiger partial charge in [-0.1, -0.05) is 26.2 Å². The lowest BCUT2D eigenvalue weighted by Gasteiger charge is -2.36. The lowest BCUT2D eigenvalue weighted by Crippen LogP contribution is -2.48. The Morgan fingerprint density at radius 2 is 1.80 bits per heavy atom. The monoisotopic (exact) mass is 641 g/mol. The van der Waals surface area contributed by atoms with E-state index in [4.69, 9.17) is 9.47 Å². The van der Waals surface area contributed by atoms with Crippen LogP contribution in [0.25, 0.3) is 0 Å². The zero-order chi connectivity index (χ0) is 33.1. The summed E-state index contributed by atoms with van der Waals surface area (Å²) in [4.78, 5) is 43.0. The van der Waals surface area contributed by atoms with Crippen molar-refractivity contribution in [1.82, 2.24) is 9.80 Å². The third kappa shape index (κ3) is 11.5. The van der Waals surface area contributed by atoms with Crippen molar-refractivity contribution in [2.24, 2.45) is 11.8 Å². The molecule has 1 aromatic rings. The molecule has 0 spiro atoms. The highest BCUT2D eigenvalue weighted by atomic mass is 19.4. The Hall–Kier alpha value is -2.86. The molecule has 9 nitrogen and oxygen atoms in total. The molecule has 1 aliphatic heterocycles. The van der Waals surface area contributed by atoms with E-state index in [0.29, 0.717) is 19.6 Å². The number of hydrogen-bond acceptors (Lipinski definition) is 6. The summed E-state index contributed by atoms with van der Waals surface area (Å²) >= 11 is 0. The molecule has 1 saturated carbocycles. The summed E-state index contributed by atoms with van der Waals surface area (Å²) in [7, 11) is 1.80. The Kier molecular flexibility index (Phi) is 14.0. The Labute approximate surface area is 264 Å². The highest BCUT2D eigenvalue weighted by Gasteiger charge is 2.33. The maximum Gasteiger partial charge on any atom is 0.389 e. The van der Waals surface area contributed by atoms with Crippen LogP contribution < -0.4 is 10.1 Å². The molecule has 0 unspecified atom stereocenters. The summed E-state index contributed by atoms with van der Waals surface area (Å²) in [5.74, 6) is -1.08. The van der Waals surface area contributed by atoms with Crippen molar-refractivity contribution < 1.29 is 42.1 Å². The summed E-state index contributed by atoms with van der Waals surface area (Å²) in [6.45, 7) is 6.31. The van der Waals surface area contributed by atoms with E-state index in [9.17, 15) is 32.7 Å². The van der Waals surface area contributed by atoms with Gasteiger partial charge in [-0.05, 0) is 64.2 Å². The predicted molar refractivity (Wildman–Crippen MR) is 165 cm³/mol. The van der Waals surface area contributed by atoms with Gasteiger partial charge in [-0.25, -0.2) is 0 Å². The number of benzene rings is 1. The van der Waals surface area contributed by atoms with Gasteiger partial charge in [-0.15, -0.1) is 0 Å². The molecule has 0 saturated heterocycles. The van der Waals surface area contributed by atoms with Crippen molar-refractivity contribution >= 4 is 23.4 Å². The molecule has 1 heterocycles. The number of nitrogens with zero attached hydrogens (tertiary/aromatic N) is 2. The van der Waals surface area contributed by atoms with Gasteiger partial charge in [-0.2, -0.15) is 13.2 Å². The van der Waals surface area contributed by atoms with Crippen LogP contribution in [0.2, 0.25) is 0 Å². The van der Waals surface area contributed by atoms with Gasteiger partial charge in [-0.3, -0.25) is 14.4 Å². The van der Waals surface area contributed by atoms with Crippen LogP contribution in [0.5, 0.6) is 5.75 Å². The van der Waals surface area contributed by atoms with E-state index < -0.39 is 36.9 Å². The Morgan fingerprint density at radius 3 is 2.47 bits per heavy atom. The van der Waals surface area contributed by atoms with Crippen molar-refractivity contribution in [3.63, 3.8) is 0 Å². The van der Waals surface area contributed by atoms with E-state index in [1.54, 1.807) is 18.9 Å². The quantitative estimate of drug-likeness (QED) is 0.372. The molecule has 0 bridgehead atoms. The highest BCUT2D eigenvalue weighted by Crippen LogP contribution is 2.30. The first-order chi connectivity index (χ1) is 21.3. The van der Waals surface area contributed by atoms with E-state index in [1.807, 2.05) is 13.8 Å². The first-order valence-electron chi connectivity index (χ1n) is 16.2. The molecule has 45 heavy (non-hydrogen) atoms. The number of amides is 3. The van der Waals surface area contributed by atoms with E-state index in [2.05, 4.69) is 5.32 Å². The number of alkyl halides is 3. The van der Waals surface area contributed by atoms with Gasteiger partial charge in [0.25, 0.3) is 5.91 Å². The Morgan fingerprint density at radius 1 is 1.11 bits per heavy atom. The second-order valence-electron chi connectivity index (χ2n) is 12.7. The van der Waals surface area contributed by atoms with Crippen LogP contribution in [0.1, 0.15) is 95.3 Å². The number of aliphatic hydroxyl groups is 1. The summed E-state index contributed by atoms with van der Waals surface area (Å²) in [6.07, 6.45) is 0.238. The molecule has 3 rings (SSSR count). The number of carbonyl (C=O) groups excluding carboxylic acids is 3. The zero-order valence-corrected chi connectivity index (χ0v) is 27.0. The van der Waals surface area contributed by atoms with E-state index >= 15 is 0 Å². The summed E-state index contributed by atoms with van der Waals surface area (Å²) in [5, 5.41) is 12.6. The molecular weight excluding hydrogens is 591 g/mol. The summed E-state index contributed by atoms with van der Waals surface area (Å²) in [6, 6.07) is 3.86. The summed E-state index contributed by atoms with van der Waals surface area (Å²) < 4.78 is 50.5. The molecule has 254 valence electrons. The average Bonchev–Trinajstić information content (AvgIpc) is 3.01. The smallest absolute Gasteiger partial charge is 0.389 e. The molecule has 2 N–H and O–H groups in total. The third-order valence-corrected chi connectivity index (χ3v) is 8.76. The van der Waals surface area contributed by atoms with Gasteiger partial charge in [0.15, 0.2) is 0 Å². The zero-order valence-electron chi connectivity index (χ0n) is 27.0. The highest BCUT2D eigenvalue weighted by molar-refractivity contribution is 5.99. The van der Waals surface area contributed by atoms with Crippen LogP contribution in [0, 0.1) is 11.8 Å². The van der Waals surface area contributed by atoms with Crippen molar-refractivity contribution in [2.75, 3.05) is 38.7 Å². The molecule has 1 aliphatic carbocycles. The van der Waals surface area contributed by atoms with Gasteiger partial charge in [0.05, 0.1) is 36.8 Å². The number of ether oxygens (including phenoxy) is 2. The maximum absolute atomic E-state index is 14.2. The third-order valence-electron chi connectivity index (χ3n) is 8.76. The minimum Gasteiger partial charge on any atom is -0.490 e. The van der Waals surface area contributed by atoms with Crippen molar-refractivity contribution in [1.29, 1.82) is 0 Å². The van der Waals surface area contributed by atoms with E-state index in [1.165, 1.54) is 23.1 Å². The van der Waals surface area contributed by atoms with Crippen LogP contribution in [-0.4, -0.2) is 90.4 Å². The second-order valence-corrected chi connectivity index (χ2v) is 12.7. The molecule has 3 amide bonds. The van der Waals surface area contributed by atoms with E-state index in [0.717, 1.165) is 44.9 Å². The van der Waals surface area contributed by atoms with Crippen LogP contribution in [0.3, 0.4) is 0 Å². The fourth-order valence-corrected chi connectivity index (χ4v) is 5.96. The largest absolute Gasteiger partial charge is 0.490 e. The second kappa shape index (κ2) is 17.2. The average molecular weight is 642 g/mol. The number of hydrogen-bond donors (Lipinski definition) is 2. The Bertz CT molecular complexity index is 1130. The van der Waals surface area contributed by atoms with Gasteiger partial charge >= 0.3 is 6.18 Å². The number of halogens is 3. The molecule has 0 radical (unpaired) electrons. The Balaban J connectivity index is 1.88. The van der Waals surface area contributed by atoms with Crippen molar-refractivity contribution in [2.45, 2.75) is 109 Å². The van der Waals surface area contributed by atoms with Gasteiger partial charge in [0, 0.05) is 50.7 Å². The van der Waals surface area contributed by atoms with Crippen LogP contribution in [0.15, 0.2) is 18.2 Å². The molecule has 2 aliphatic rings. The number of nitrogens with one attached hydrogen (secondary N) is 1. The number of rotatable bonds is 8. The van der Waals surface area contributed by atoms with E-state index in [-0.39, 0.29) is 60.1 Å². The van der Waals surface area contributed by atoms with Crippen LogP contribution in [-0.2, 0) is 14.3 Å². The van der Waals surface area contributed by atoms with Gasteiger partial charge in [0.1, 0.15) is 5.75 Å². The molecule has 1 fully saturated rings. The first-order valence-corrected chi connectivity index (χ1v) is 16.2. The number of carbonyl (C=O) groups is 3. The van der Waals surface area contributed by atoms with Gasteiger partial charge < -0.3 is 29.7 Å². The van der Waals surface area contributed by atoms with Crippen molar-refractivity contribution in [3.8, 4) is 5.75 Å². The van der Waals surface area contributed by atoms with Gasteiger partial charge in [0.2, 0.25) is 11.8 Å². The predicted octanol–water partition coefficient (Wildman–Crippen LogP) is 5.80. The molecule has 4 atom stereocenters. The topological polar surface area (TPSA) is 108 Å². The standard InChI is InChI=1S/C33H50F3N3O6/c1-22-19-39(23(2)21-40)32(43)27-18-26(37-30(41)15-16-33(34,35)36)13-14-28(27)45-24(3)10-8-9-17-44-29(22)20-38(4)31(42)25-11-6-5-7-12-25/h13-14,18,22-25,29,40H,5-12,15-17,19-21H2,1-4H3,(H,37,41)/t22-,23+,24+,29+/m0/s1. The molecule has 0 aromatic heterocycles. The molecule has 12 heteroatoms. The normalized spacial score (nSPS) is 23.3. The minimum atomic E-state index is -4.47. The number of anilines is 1. The maximum atomic E-state index is 14.2. The molecule has 1 aromatic carbocycles. The minimum absolute atomic E-state index is 0.0196. The number of likely N-dealkylation sites (N-methyl/N-ethyl adjacent to an activating group) is 1. The fraction of sp³-hybridized carbons (Fsp3) is 0.727. The fourth-order valence-electron chi connectivity index (χ4n) is 5.96.